The molecule has 0 aliphatic carbocycles. The van der Waals surface area contributed by atoms with Crippen molar-refractivity contribution < 1.29 is 18.7 Å². The summed E-state index contributed by atoms with van der Waals surface area (Å²) in [5, 5.41) is 0. The Morgan fingerprint density at radius 1 is 1.30 bits per heavy atom. The number of fused-ring (bicyclic) bond motifs is 2. The van der Waals surface area contributed by atoms with Gasteiger partial charge in [-0.3, -0.25) is 4.79 Å². The first-order chi connectivity index (χ1) is 11.1. The average molecular weight is 321 g/mol. The number of benzene rings is 1. The zero-order chi connectivity index (χ0) is 16.4. The quantitative estimate of drug-likeness (QED) is 0.616. The van der Waals surface area contributed by atoms with E-state index in [9.17, 15) is 9.18 Å². The number of halogens is 1. The van der Waals surface area contributed by atoms with Crippen LogP contribution in [0.1, 0.15) is 42.5 Å². The molecule has 23 heavy (non-hydrogen) atoms. The lowest BCUT2D eigenvalue weighted by molar-refractivity contribution is 0.0336. The van der Waals surface area contributed by atoms with Crippen molar-refractivity contribution in [1.29, 1.82) is 0 Å². The maximum Gasteiger partial charge on any atom is 0.188 e. The van der Waals surface area contributed by atoms with E-state index in [0.717, 1.165) is 25.7 Å². The summed E-state index contributed by atoms with van der Waals surface area (Å²) < 4.78 is 24.3. The molecule has 2 bridgehead atoms. The van der Waals surface area contributed by atoms with Crippen molar-refractivity contribution in [2.75, 3.05) is 21.0 Å². The molecule has 3 rings (SSSR count). The second-order valence-corrected chi connectivity index (χ2v) is 6.63. The molecule has 126 valence electrons. The summed E-state index contributed by atoms with van der Waals surface area (Å²) in [5.74, 6) is -0.263. The summed E-state index contributed by atoms with van der Waals surface area (Å²) in [7, 11) is 3.66. The van der Waals surface area contributed by atoms with E-state index < -0.39 is 5.82 Å². The van der Waals surface area contributed by atoms with Gasteiger partial charge in [0.25, 0.3) is 0 Å². The van der Waals surface area contributed by atoms with Gasteiger partial charge < -0.3 is 14.4 Å². The van der Waals surface area contributed by atoms with Crippen LogP contribution < -0.4 is 4.74 Å². The van der Waals surface area contributed by atoms with Crippen molar-refractivity contribution >= 4 is 5.78 Å². The summed E-state index contributed by atoms with van der Waals surface area (Å²) in [6.45, 7) is 0.0606. The molecule has 2 unspecified atom stereocenters. The number of carbonyl (C=O) groups excluding carboxylic acids is 1. The first-order valence-corrected chi connectivity index (χ1v) is 8.27. The Balaban J connectivity index is 1.73. The van der Waals surface area contributed by atoms with E-state index in [1.807, 2.05) is 0 Å². The van der Waals surface area contributed by atoms with Gasteiger partial charge in [0, 0.05) is 31.2 Å². The minimum atomic E-state index is -0.507. The van der Waals surface area contributed by atoms with E-state index in [1.165, 1.54) is 25.7 Å². The highest BCUT2D eigenvalue weighted by molar-refractivity contribution is 5.98. The highest BCUT2D eigenvalue weighted by atomic mass is 19.1. The van der Waals surface area contributed by atoms with Crippen molar-refractivity contribution in [3.63, 3.8) is 0 Å². The molecule has 4 nitrogen and oxygen atoms in total. The van der Waals surface area contributed by atoms with Gasteiger partial charge in [-0.2, -0.15) is 0 Å². The van der Waals surface area contributed by atoms with Crippen LogP contribution in [0.25, 0.3) is 0 Å². The van der Waals surface area contributed by atoms with E-state index >= 15 is 0 Å². The lowest BCUT2D eigenvalue weighted by Gasteiger charge is -2.46. The van der Waals surface area contributed by atoms with Crippen LogP contribution in [0.3, 0.4) is 0 Å². The molecular formula is C18H24FNO3. The van der Waals surface area contributed by atoms with Crippen LogP contribution >= 0.6 is 0 Å². The third-order valence-electron chi connectivity index (χ3n) is 5.26. The van der Waals surface area contributed by atoms with Gasteiger partial charge >= 0.3 is 0 Å². The molecule has 0 radical (unpaired) electrons. The van der Waals surface area contributed by atoms with Gasteiger partial charge in [-0.15, -0.1) is 0 Å². The van der Waals surface area contributed by atoms with E-state index in [0.29, 0.717) is 17.8 Å². The van der Waals surface area contributed by atoms with Gasteiger partial charge in [0.2, 0.25) is 0 Å². The van der Waals surface area contributed by atoms with Gasteiger partial charge in [-0.1, -0.05) is 6.42 Å². The Bertz CT molecular complexity index is 563. The Morgan fingerprint density at radius 3 is 2.61 bits per heavy atom. The van der Waals surface area contributed by atoms with Gasteiger partial charge in [0.15, 0.2) is 12.6 Å². The molecular weight excluding hydrogens is 297 g/mol. The fraction of sp³-hybridized carbons (Fsp3) is 0.611. The zero-order valence-corrected chi connectivity index (χ0v) is 13.8. The molecule has 0 amide bonds. The van der Waals surface area contributed by atoms with Crippen molar-refractivity contribution in [1.82, 2.24) is 4.90 Å². The van der Waals surface area contributed by atoms with Crippen LogP contribution in [-0.2, 0) is 4.74 Å². The fourth-order valence-corrected chi connectivity index (χ4v) is 3.96. The molecule has 2 heterocycles. The predicted octanol–water partition coefficient (Wildman–Crippen LogP) is 3.25. The first kappa shape index (κ1) is 16.4. The molecule has 1 aromatic carbocycles. The largest absolute Gasteiger partial charge is 0.467 e. The van der Waals surface area contributed by atoms with E-state index in [2.05, 4.69) is 11.9 Å². The summed E-state index contributed by atoms with van der Waals surface area (Å²) in [6.07, 6.45) is 5.20. The maximum atomic E-state index is 14.3. The topological polar surface area (TPSA) is 38.8 Å². The number of hydrogen-bond donors (Lipinski definition) is 0. The smallest absolute Gasteiger partial charge is 0.188 e. The van der Waals surface area contributed by atoms with Crippen LogP contribution in [0.2, 0.25) is 0 Å². The maximum absolute atomic E-state index is 14.3. The Morgan fingerprint density at radius 2 is 2.00 bits per heavy atom. The third-order valence-corrected chi connectivity index (χ3v) is 5.26. The van der Waals surface area contributed by atoms with Crippen molar-refractivity contribution in [3.05, 3.63) is 29.6 Å². The monoisotopic (exact) mass is 321 g/mol. The molecule has 0 aromatic heterocycles. The van der Waals surface area contributed by atoms with Crippen LogP contribution in [-0.4, -0.2) is 43.7 Å². The van der Waals surface area contributed by atoms with E-state index in [-0.39, 0.29) is 24.1 Å². The Hall–Kier alpha value is -1.46. The van der Waals surface area contributed by atoms with Crippen molar-refractivity contribution in [2.24, 2.45) is 5.92 Å². The predicted molar refractivity (Wildman–Crippen MR) is 85.1 cm³/mol. The number of piperidine rings is 2. The molecule has 2 aliphatic heterocycles. The van der Waals surface area contributed by atoms with Crippen LogP contribution in [0.4, 0.5) is 4.39 Å². The average Bonchev–Trinajstić information content (AvgIpc) is 2.52. The number of carbonyl (C=O) groups is 1. The number of Topliss-reactive ketones (excluding diaryl/α,β-unsaturated/α-hetero) is 1. The highest BCUT2D eigenvalue weighted by Gasteiger charge is 2.39. The summed E-state index contributed by atoms with van der Waals surface area (Å²) in [6, 6.07) is 5.36. The lowest BCUT2D eigenvalue weighted by atomic mass is 9.76. The Kier molecular flexibility index (Phi) is 4.97. The van der Waals surface area contributed by atoms with Gasteiger partial charge in [-0.05, 0) is 44.9 Å². The van der Waals surface area contributed by atoms with Gasteiger partial charge in [0.1, 0.15) is 11.6 Å². The lowest BCUT2D eigenvalue weighted by Crippen LogP contribution is -2.51. The molecule has 2 saturated heterocycles. The summed E-state index contributed by atoms with van der Waals surface area (Å²) in [5.41, 5.74) is 0.183. The highest BCUT2D eigenvalue weighted by Crippen LogP contribution is 2.37. The van der Waals surface area contributed by atoms with E-state index in [1.54, 1.807) is 6.07 Å². The summed E-state index contributed by atoms with van der Waals surface area (Å²) in [4.78, 5) is 15.2. The molecule has 1 aromatic rings. The van der Waals surface area contributed by atoms with Gasteiger partial charge in [0.05, 0.1) is 5.56 Å². The third kappa shape index (κ3) is 3.40. The fourth-order valence-electron chi connectivity index (χ4n) is 3.96. The second kappa shape index (κ2) is 6.97. The number of methoxy groups -OCH3 is 1. The molecule has 0 spiro atoms. The van der Waals surface area contributed by atoms with Crippen LogP contribution in [0.5, 0.6) is 5.75 Å². The van der Waals surface area contributed by atoms with Crippen LogP contribution in [0.15, 0.2) is 18.2 Å². The Labute approximate surface area is 136 Å². The molecule has 5 heteroatoms. The minimum absolute atomic E-state index is 0.0606. The molecule has 0 saturated carbocycles. The number of hydrogen-bond acceptors (Lipinski definition) is 4. The van der Waals surface area contributed by atoms with Crippen molar-refractivity contribution in [3.8, 4) is 5.75 Å². The normalized spacial score (nSPS) is 27.7. The molecule has 0 N–H and O–H groups in total. The van der Waals surface area contributed by atoms with Crippen LogP contribution in [0, 0.1) is 11.7 Å². The standard InChI is InChI=1S/C18H24FNO3/c1-20-13-4-3-5-14(20)9-12(8-13)18(21)16-7-6-15(10-17(16)19)23-11-22-2/h6-7,10,12-14H,3-5,8-9,11H2,1-2H3. The van der Waals surface area contributed by atoms with Crippen molar-refractivity contribution in [2.45, 2.75) is 44.2 Å². The second-order valence-electron chi connectivity index (χ2n) is 6.63. The van der Waals surface area contributed by atoms with Gasteiger partial charge in [-0.25, -0.2) is 4.39 Å². The first-order valence-electron chi connectivity index (χ1n) is 8.27. The molecule has 2 atom stereocenters. The molecule has 2 fully saturated rings. The SMILES string of the molecule is COCOc1ccc(C(=O)C2CC3CCCC(C2)N3C)c(F)c1. The van der Waals surface area contributed by atoms with E-state index in [4.69, 9.17) is 9.47 Å². The summed E-state index contributed by atoms with van der Waals surface area (Å²) >= 11 is 0. The number of ether oxygens (including phenoxy) is 2. The minimum Gasteiger partial charge on any atom is -0.467 e. The molecule has 2 aliphatic rings. The zero-order valence-electron chi connectivity index (χ0n) is 13.8. The number of ketones is 1. The number of rotatable bonds is 5. The number of nitrogens with zero attached hydrogens (tertiary/aromatic N) is 1.